The number of benzene rings is 6. The molecule has 120 heavy (non-hydrogen) atoms. The van der Waals surface area contributed by atoms with Crippen LogP contribution in [0.4, 0.5) is 0 Å². The van der Waals surface area contributed by atoms with Crippen molar-refractivity contribution in [3.05, 3.63) is 250 Å². The molecule has 0 amide bonds. The largest absolute Gasteiger partial charge is 0.512 e. The van der Waals surface area contributed by atoms with Gasteiger partial charge in [0, 0.05) is 140 Å². The van der Waals surface area contributed by atoms with E-state index in [-0.39, 0.29) is 107 Å². The summed E-state index contributed by atoms with van der Waals surface area (Å²) in [7, 11) is 0. The van der Waals surface area contributed by atoms with Crippen LogP contribution in [-0.2, 0) is 87.5 Å². The van der Waals surface area contributed by atoms with Crippen LogP contribution in [-0.4, -0.2) is 62.6 Å². The number of aliphatic hydroxyl groups excluding tert-OH is 3. The monoisotopic (exact) mass is 2140 g/mol. The topological polar surface area (TPSA) is 229 Å². The number of pyridine rings is 6. The number of aryl methyl sites for hydroxylation is 6. The van der Waals surface area contributed by atoms with Crippen LogP contribution >= 0.6 is 0 Å². The molecule has 16 rings (SSSR count). The molecule has 18 heteroatoms. The van der Waals surface area contributed by atoms with Crippen molar-refractivity contribution in [3.8, 4) is 33.8 Å². The molecule has 0 bridgehead atoms. The molecule has 3 radical (unpaired) electrons. The molecule has 1 aliphatic rings. The van der Waals surface area contributed by atoms with E-state index >= 15 is 0 Å². The van der Waals surface area contributed by atoms with Crippen LogP contribution in [0.15, 0.2) is 194 Å². The maximum Gasteiger partial charge on any atom is 0.216 e. The summed E-state index contributed by atoms with van der Waals surface area (Å²) in [4.78, 5) is 60.5. The maximum absolute atomic E-state index is 11.7. The van der Waals surface area contributed by atoms with Crippen LogP contribution < -0.4 is 0 Å². The average Bonchev–Trinajstić information content (AvgIpc) is 1.60. The molecule has 0 unspecified atom stereocenters. The number of hydrogen-bond donors (Lipinski definition) is 3. The quantitative estimate of drug-likeness (QED) is 0.0437. The van der Waals surface area contributed by atoms with Crippen LogP contribution in [0.2, 0.25) is 0 Å². The zero-order valence-corrected chi connectivity index (χ0v) is 79.2. The first-order valence-corrected chi connectivity index (χ1v) is 41.1. The summed E-state index contributed by atoms with van der Waals surface area (Å²) >= 11 is 0. The Balaban J connectivity index is 0.000000191. The summed E-state index contributed by atoms with van der Waals surface area (Å²) in [5.41, 5.74) is 23.0. The molecule has 15 nitrogen and oxygen atoms in total. The molecule has 1 fully saturated rings. The maximum atomic E-state index is 11.7. The van der Waals surface area contributed by atoms with Crippen LogP contribution in [0.5, 0.6) is 0 Å². The Labute approximate surface area is 745 Å². The number of ketones is 3. The van der Waals surface area contributed by atoms with Gasteiger partial charge in [-0.2, -0.15) is 0 Å². The minimum atomic E-state index is -0.125. The summed E-state index contributed by atoms with van der Waals surface area (Å²) in [6.07, 6.45) is 14.6. The smallest absolute Gasteiger partial charge is 0.216 e. The predicted octanol–water partition coefficient (Wildman–Crippen LogP) is 26.8. The fourth-order valence-corrected chi connectivity index (χ4v) is 15.5. The summed E-state index contributed by atoms with van der Waals surface area (Å²) in [6.45, 7) is 34.9. The van der Waals surface area contributed by atoms with Gasteiger partial charge in [-0.3, -0.25) is 29.3 Å². The number of nitrogens with zero attached hydrogens (tertiary/aromatic N) is 6. The first-order chi connectivity index (χ1) is 56.0. The van der Waals surface area contributed by atoms with E-state index in [2.05, 4.69) is 209 Å². The zero-order chi connectivity index (χ0) is 84.1. The van der Waals surface area contributed by atoms with Gasteiger partial charge in [0.25, 0.3) is 0 Å². The molecule has 15 aromatic rings. The Morgan fingerprint density at radius 2 is 0.733 bits per heavy atom. The van der Waals surface area contributed by atoms with Gasteiger partial charge in [-0.1, -0.05) is 195 Å². The van der Waals surface area contributed by atoms with Crippen molar-refractivity contribution in [2.24, 2.45) is 23.7 Å². The Morgan fingerprint density at radius 3 is 1.05 bits per heavy atom. The Kier molecular flexibility index (Phi) is 34.6. The van der Waals surface area contributed by atoms with Gasteiger partial charge in [-0.25, -0.2) is 15.0 Å². The fourth-order valence-electron chi connectivity index (χ4n) is 15.5. The summed E-state index contributed by atoms with van der Waals surface area (Å²) in [5, 5.41) is 36.5. The van der Waals surface area contributed by atoms with E-state index < -0.39 is 0 Å². The minimum absolute atomic E-state index is 0. The van der Waals surface area contributed by atoms with Gasteiger partial charge in [-0.15, -0.1) is 53.1 Å². The Bertz CT molecular complexity index is 6000. The summed E-state index contributed by atoms with van der Waals surface area (Å²) < 4.78 is 18.6. The van der Waals surface area contributed by atoms with Gasteiger partial charge >= 0.3 is 0 Å². The van der Waals surface area contributed by atoms with Gasteiger partial charge in [0.15, 0.2) is 17.3 Å². The number of furan rings is 3. The van der Waals surface area contributed by atoms with E-state index in [1.807, 2.05) is 66.7 Å². The average molecular weight is 2140 g/mol. The molecule has 1 aliphatic carbocycles. The van der Waals surface area contributed by atoms with E-state index in [1.165, 1.54) is 104 Å². The molecule has 1 saturated carbocycles. The number of allylic oxidation sites excluding steroid dienone is 6. The van der Waals surface area contributed by atoms with Crippen molar-refractivity contribution in [1.29, 1.82) is 0 Å². The van der Waals surface area contributed by atoms with Crippen molar-refractivity contribution in [3.63, 3.8) is 0 Å². The van der Waals surface area contributed by atoms with Crippen molar-refractivity contribution in [2.75, 3.05) is 0 Å². The third kappa shape index (κ3) is 23.6. The number of rotatable bonds is 17. The molecule has 9 aromatic heterocycles. The van der Waals surface area contributed by atoms with Crippen LogP contribution in [0, 0.1) is 83.4 Å². The first kappa shape index (κ1) is 95.4. The SMILES string of the molecule is CC(=O)C=C(C)O.CC(=O)C=C(C)O.CCC(CC)C(=O)C=C(O)C(CC)CC.Cc1[c-]c(-c2ccc3c(C4CCCC4)cccc3n2)c2oc3nc(C)ccc3c2c1.Cc1[c-]c(-c2ccc3c(CC(C)C)cccc3n2)c2oc3nc(C)ccc3c2c1.Cc1[c-]c(-c2ccc3c(CC(C)C)cccc3n2)c2oc3nc(C)ccc3c2c1.[Ir].[Ir].[Ir]. The number of aromatic nitrogens is 6. The number of carbonyl (C=O) groups excluding carboxylic acids is 3. The molecule has 631 valence electrons. The molecule has 9 heterocycles. The van der Waals surface area contributed by atoms with E-state index in [0.29, 0.717) is 34.9 Å². The number of hydrogen-bond acceptors (Lipinski definition) is 15. The second-order valence-corrected chi connectivity index (χ2v) is 31.9. The number of carbonyl (C=O) groups is 3. The van der Waals surface area contributed by atoms with E-state index in [0.717, 1.165) is 172 Å². The minimum Gasteiger partial charge on any atom is -0.512 e. The molecule has 0 atom stereocenters. The van der Waals surface area contributed by atoms with Crippen LogP contribution in [0.25, 0.3) is 133 Å². The van der Waals surface area contributed by atoms with Crippen LogP contribution in [0.1, 0.15) is 191 Å². The normalized spacial score (nSPS) is 12.4. The first-order valence-electron chi connectivity index (χ1n) is 41.1. The zero-order valence-electron chi connectivity index (χ0n) is 72.0. The molecular formula is C102H109Ir3N6O9-3. The van der Waals surface area contributed by atoms with Gasteiger partial charge in [0.1, 0.15) is 0 Å². The van der Waals surface area contributed by atoms with E-state index in [1.54, 1.807) is 0 Å². The summed E-state index contributed by atoms with van der Waals surface area (Å²) in [6, 6.07) is 61.3. The molecule has 0 spiro atoms. The van der Waals surface area contributed by atoms with E-state index in [4.69, 9.17) is 38.4 Å². The van der Waals surface area contributed by atoms with Crippen molar-refractivity contribution in [1.82, 2.24) is 29.9 Å². The van der Waals surface area contributed by atoms with Crippen molar-refractivity contribution < 1.29 is 103 Å². The number of fused-ring (bicyclic) bond motifs is 12. The van der Waals surface area contributed by atoms with Gasteiger partial charge in [0.2, 0.25) is 17.1 Å². The Morgan fingerprint density at radius 1 is 0.408 bits per heavy atom. The van der Waals surface area contributed by atoms with Crippen LogP contribution in [0.3, 0.4) is 0 Å². The molecule has 3 N–H and O–H groups in total. The van der Waals surface area contributed by atoms with E-state index in [9.17, 15) is 19.5 Å². The third-order valence-electron chi connectivity index (χ3n) is 21.1. The summed E-state index contributed by atoms with van der Waals surface area (Å²) in [5.74, 6) is 2.31. The molecular weight excluding hydrogens is 2030 g/mol. The van der Waals surface area contributed by atoms with Gasteiger partial charge < -0.3 is 28.6 Å². The molecule has 6 aromatic carbocycles. The Hall–Kier alpha value is -10.0. The molecule has 0 saturated heterocycles. The molecule has 0 aliphatic heterocycles. The third-order valence-corrected chi connectivity index (χ3v) is 21.1. The number of aliphatic hydroxyl groups is 3. The van der Waals surface area contributed by atoms with Crippen molar-refractivity contribution in [2.45, 2.75) is 195 Å². The fraction of sp³-hybridized carbons (Fsp3) is 0.324. The van der Waals surface area contributed by atoms with Gasteiger partial charge in [-0.05, 0) is 206 Å². The van der Waals surface area contributed by atoms with Crippen molar-refractivity contribution >= 4 is 116 Å². The standard InChI is InChI=1S/C27H23N2O.2C26H23N2O.C13H24O2.2C5H8O2.3Ir/c1-16-14-22-21-11-10-17(2)28-27(21)30-26(22)23(15-16)25-13-12-20-19(18-6-3-4-7-18)8-5-9-24(20)29-25;2*1-15(2)12-18-6-5-7-23-19(18)10-11-24(28-23)22-14-16(3)13-21-20-9-8-17(4)27-26(20)29-25(21)22;1-5-10(6-2)12(14)9-13(15)11(7-3)8-4;2*1-4(6)3-5(2)7;;;/h5,8-14,18H,3-4,6-7H2,1-2H3;2*5-11,13,15H,12H2,1-4H3;9-11,14H,5-8H2,1-4H3;2*3,6H,1-2H3;;;/q3*-1;;;;;;. The van der Waals surface area contributed by atoms with Gasteiger partial charge in [0.05, 0.1) is 50.6 Å². The predicted molar refractivity (Wildman–Crippen MR) is 478 cm³/mol. The second-order valence-electron chi connectivity index (χ2n) is 31.9. The second kappa shape index (κ2) is 43.5.